The Morgan fingerprint density at radius 1 is 0.947 bits per heavy atom. The SMILES string of the molecule is CCC(C)[P-]C(=O)c1c(C)c(C)c(C)c(C)c1C.[Li+]. The van der Waals surface area contributed by atoms with E-state index in [9.17, 15) is 4.79 Å². The minimum Gasteiger partial charge on any atom is -0.457 e. The third kappa shape index (κ3) is 3.95. The Labute approximate surface area is 131 Å². The van der Waals surface area contributed by atoms with Crippen LogP contribution in [-0.2, 0) is 0 Å². The van der Waals surface area contributed by atoms with Crippen LogP contribution in [0.5, 0.6) is 0 Å². The van der Waals surface area contributed by atoms with E-state index < -0.39 is 0 Å². The van der Waals surface area contributed by atoms with Gasteiger partial charge in [-0.2, -0.15) is 5.66 Å². The van der Waals surface area contributed by atoms with Gasteiger partial charge in [-0.1, -0.05) is 20.3 Å². The number of carbonyl (C=O) groups is 1. The van der Waals surface area contributed by atoms with Crippen LogP contribution >= 0.6 is 8.58 Å². The molecule has 0 aliphatic rings. The normalized spacial score (nSPS) is 12.6. The van der Waals surface area contributed by atoms with Gasteiger partial charge in [-0.3, -0.25) is 0 Å². The van der Waals surface area contributed by atoms with Crippen molar-refractivity contribution in [1.29, 1.82) is 0 Å². The Morgan fingerprint density at radius 2 is 1.32 bits per heavy atom. The van der Waals surface area contributed by atoms with Gasteiger partial charge in [0.1, 0.15) is 0 Å². The van der Waals surface area contributed by atoms with Crippen LogP contribution in [0.2, 0.25) is 0 Å². The van der Waals surface area contributed by atoms with Gasteiger partial charge in [-0.25, -0.2) is 0 Å². The first kappa shape index (κ1) is 18.9. The van der Waals surface area contributed by atoms with E-state index in [2.05, 4.69) is 48.5 Å². The van der Waals surface area contributed by atoms with Crippen molar-refractivity contribution >= 4 is 14.1 Å². The zero-order valence-corrected chi connectivity index (χ0v) is 14.5. The summed E-state index contributed by atoms with van der Waals surface area (Å²) in [6.07, 6.45) is 1.05. The fourth-order valence-corrected chi connectivity index (χ4v) is 3.22. The molecular weight excluding hydrogens is 246 g/mol. The molecule has 0 heterocycles. The van der Waals surface area contributed by atoms with E-state index >= 15 is 0 Å². The van der Waals surface area contributed by atoms with Crippen LogP contribution in [0.1, 0.15) is 58.4 Å². The Kier molecular flexibility index (Phi) is 7.60. The van der Waals surface area contributed by atoms with Gasteiger partial charge in [-0.15, -0.1) is 0 Å². The molecule has 0 aliphatic carbocycles. The number of carbonyl (C=O) groups excluding carboxylic acids is 1. The minimum absolute atomic E-state index is 0. The molecule has 0 bridgehead atoms. The fourth-order valence-electron chi connectivity index (χ4n) is 2.18. The average Bonchev–Trinajstić information content (AvgIpc) is 2.34. The summed E-state index contributed by atoms with van der Waals surface area (Å²) in [5.41, 5.74) is 7.86. The minimum atomic E-state index is 0. The van der Waals surface area contributed by atoms with Gasteiger partial charge in [0.25, 0.3) is 0 Å². The summed E-state index contributed by atoms with van der Waals surface area (Å²) in [6.45, 7) is 14.8. The standard InChI is InChI=1S/C16H24OP.Li/c1-8-9(2)18-16(17)15-13(6)11(4)10(3)12(5)14(15)7;/h9H,8H2,1-7H3;/q-1;+1. The second-order valence-electron chi connectivity index (χ2n) is 5.19. The molecular formula is C16H24LiOP. The molecule has 0 spiro atoms. The summed E-state index contributed by atoms with van der Waals surface area (Å²) in [4.78, 5) is 12.5. The molecule has 0 N–H and O–H groups in total. The van der Waals surface area contributed by atoms with Crippen molar-refractivity contribution < 1.29 is 23.7 Å². The molecule has 1 nitrogen and oxygen atoms in total. The maximum absolute atomic E-state index is 12.5. The smallest absolute Gasteiger partial charge is 0.457 e. The van der Waals surface area contributed by atoms with E-state index in [0.717, 1.165) is 31.7 Å². The summed E-state index contributed by atoms with van der Waals surface area (Å²) >= 11 is 0. The quantitative estimate of drug-likeness (QED) is 0.605. The van der Waals surface area contributed by atoms with Crippen LogP contribution in [0.25, 0.3) is 0 Å². The van der Waals surface area contributed by atoms with E-state index in [0.29, 0.717) is 5.66 Å². The summed E-state index contributed by atoms with van der Waals surface area (Å²) in [5, 5.41) is 0. The summed E-state index contributed by atoms with van der Waals surface area (Å²) in [6, 6.07) is 0. The van der Waals surface area contributed by atoms with Crippen molar-refractivity contribution in [1.82, 2.24) is 0 Å². The van der Waals surface area contributed by atoms with Crippen molar-refractivity contribution in [2.24, 2.45) is 0 Å². The van der Waals surface area contributed by atoms with Gasteiger partial charge in [0.2, 0.25) is 0 Å². The molecule has 0 saturated heterocycles. The average molecular weight is 270 g/mol. The maximum Gasteiger partial charge on any atom is 1.00 e. The predicted molar refractivity (Wildman–Crippen MR) is 81.1 cm³/mol. The molecule has 0 aliphatic heterocycles. The van der Waals surface area contributed by atoms with Gasteiger partial charge in [0, 0.05) is 5.52 Å². The number of benzene rings is 1. The molecule has 0 radical (unpaired) electrons. The molecule has 1 rings (SSSR count). The summed E-state index contributed by atoms with van der Waals surface area (Å²) in [7, 11) is 0.933. The van der Waals surface area contributed by atoms with Gasteiger partial charge in [-0.05, 0) is 68.0 Å². The zero-order valence-electron chi connectivity index (χ0n) is 13.6. The van der Waals surface area contributed by atoms with Crippen molar-refractivity contribution in [2.75, 3.05) is 0 Å². The number of hydrogen-bond acceptors (Lipinski definition) is 1. The Bertz CT molecular complexity index is 451. The van der Waals surface area contributed by atoms with Gasteiger partial charge < -0.3 is 13.4 Å². The van der Waals surface area contributed by atoms with Crippen molar-refractivity contribution in [3.05, 3.63) is 33.4 Å². The topological polar surface area (TPSA) is 17.1 Å². The van der Waals surface area contributed by atoms with E-state index in [1.54, 1.807) is 0 Å². The molecule has 100 valence electrons. The first-order valence-electron chi connectivity index (χ1n) is 6.63. The van der Waals surface area contributed by atoms with Crippen LogP contribution in [0.15, 0.2) is 0 Å². The van der Waals surface area contributed by atoms with E-state index in [-0.39, 0.29) is 24.4 Å². The van der Waals surface area contributed by atoms with Gasteiger partial charge >= 0.3 is 18.9 Å². The van der Waals surface area contributed by atoms with Crippen LogP contribution < -0.4 is 18.9 Å². The molecule has 19 heavy (non-hydrogen) atoms. The second-order valence-corrected chi connectivity index (χ2v) is 6.74. The summed E-state index contributed by atoms with van der Waals surface area (Å²) < 4.78 is 0. The van der Waals surface area contributed by atoms with Crippen LogP contribution in [0.4, 0.5) is 0 Å². The number of rotatable bonds is 4. The molecule has 0 saturated carbocycles. The molecule has 1 unspecified atom stereocenters. The van der Waals surface area contributed by atoms with Crippen LogP contribution in [-0.4, -0.2) is 11.2 Å². The first-order valence-corrected chi connectivity index (χ1v) is 7.59. The Hall–Kier alpha value is -0.0826. The molecule has 0 aromatic heterocycles. The second kappa shape index (κ2) is 7.63. The number of hydrogen-bond donors (Lipinski definition) is 0. The molecule has 0 fully saturated rings. The predicted octanol–water partition coefficient (Wildman–Crippen LogP) is 2.12. The third-order valence-corrected chi connectivity index (χ3v) is 5.41. The monoisotopic (exact) mass is 270 g/mol. The van der Waals surface area contributed by atoms with Crippen LogP contribution in [0.3, 0.4) is 0 Å². The molecule has 1 atom stereocenters. The first-order chi connectivity index (χ1) is 8.31. The van der Waals surface area contributed by atoms with Gasteiger partial charge in [0.05, 0.1) is 0 Å². The molecule has 3 heteroatoms. The van der Waals surface area contributed by atoms with Crippen molar-refractivity contribution in [3.63, 3.8) is 0 Å². The molecule has 0 amide bonds. The van der Waals surface area contributed by atoms with E-state index in [4.69, 9.17) is 0 Å². The van der Waals surface area contributed by atoms with E-state index in [1.165, 1.54) is 16.7 Å². The van der Waals surface area contributed by atoms with Crippen molar-refractivity contribution in [3.8, 4) is 0 Å². The molecule has 1 aromatic rings. The fraction of sp³-hybridized carbons (Fsp3) is 0.562. The molecule has 1 aromatic carbocycles. The zero-order chi connectivity index (χ0) is 14.0. The third-order valence-electron chi connectivity index (χ3n) is 4.14. The largest absolute Gasteiger partial charge is 1.00 e. The summed E-state index contributed by atoms with van der Waals surface area (Å²) in [5.74, 6) is 0. The Morgan fingerprint density at radius 3 is 1.68 bits per heavy atom. The van der Waals surface area contributed by atoms with E-state index in [1.807, 2.05) is 0 Å². The van der Waals surface area contributed by atoms with Crippen molar-refractivity contribution in [2.45, 2.75) is 60.5 Å². The Balaban J connectivity index is 0.00000324. The maximum atomic E-state index is 12.5. The van der Waals surface area contributed by atoms with Gasteiger partial charge in [0.15, 0.2) is 0 Å². The van der Waals surface area contributed by atoms with Crippen LogP contribution in [0, 0.1) is 34.6 Å².